The summed E-state index contributed by atoms with van der Waals surface area (Å²) in [6.07, 6.45) is 0. The number of urea groups is 1. The van der Waals surface area contributed by atoms with Crippen molar-refractivity contribution in [1.29, 1.82) is 0 Å². The normalized spacial score (nSPS) is 12.6. The molecule has 1 unspecified atom stereocenters. The summed E-state index contributed by atoms with van der Waals surface area (Å²) in [6, 6.07) is 10.9. The van der Waals surface area contributed by atoms with Crippen LogP contribution in [-0.4, -0.2) is 31.8 Å². The van der Waals surface area contributed by atoms with Gasteiger partial charge in [0.15, 0.2) is 0 Å². The summed E-state index contributed by atoms with van der Waals surface area (Å²) < 4.78 is 26.4. The molecule has 0 saturated carbocycles. The fourth-order valence-electron chi connectivity index (χ4n) is 2.85. The third kappa shape index (κ3) is 6.09. The van der Waals surface area contributed by atoms with Crippen LogP contribution >= 0.6 is 23.2 Å². The third-order valence-electron chi connectivity index (χ3n) is 4.50. The van der Waals surface area contributed by atoms with E-state index in [4.69, 9.17) is 23.2 Å². The number of nitrogens with zero attached hydrogens (tertiary/aromatic N) is 1. The molecule has 1 atom stereocenters. The lowest BCUT2D eigenvalue weighted by atomic mass is 10.1. The van der Waals surface area contributed by atoms with Crippen LogP contribution in [0.2, 0.25) is 10.0 Å². The highest BCUT2D eigenvalue weighted by molar-refractivity contribution is 7.89. The SMILES string of the molecule is CCN(CC)S(=O)(=O)c1ccc(CNC(=O)NC(C)c2ccc(Cl)cc2Cl)cc1. The number of halogens is 2. The van der Waals surface area contributed by atoms with E-state index in [0.717, 1.165) is 11.1 Å². The predicted molar refractivity (Wildman–Crippen MR) is 117 cm³/mol. The van der Waals surface area contributed by atoms with Gasteiger partial charge in [-0.15, -0.1) is 0 Å². The van der Waals surface area contributed by atoms with Crippen LogP contribution in [-0.2, 0) is 16.6 Å². The molecule has 0 fully saturated rings. The Bertz CT molecular complexity index is 946. The summed E-state index contributed by atoms with van der Waals surface area (Å²) in [6.45, 7) is 6.52. The highest BCUT2D eigenvalue weighted by Gasteiger charge is 2.21. The van der Waals surface area contributed by atoms with Gasteiger partial charge in [-0.05, 0) is 42.3 Å². The molecular formula is C20H25Cl2N3O3S. The molecule has 2 rings (SSSR count). The molecule has 9 heteroatoms. The molecule has 2 N–H and O–H groups in total. The third-order valence-corrected chi connectivity index (χ3v) is 7.12. The van der Waals surface area contributed by atoms with Crippen LogP contribution in [0.3, 0.4) is 0 Å². The molecule has 2 aromatic rings. The van der Waals surface area contributed by atoms with Crippen molar-refractivity contribution in [2.75, 3.05) is 13.1 Å². The first-order chi connectivity index (χ1) is 13.7. The molecule has 0 aliphatic heterocycles. The molecule has 0 heterocycles. The molecule has 0 aromatic heterocycles. The Morgan fingerprint density at radius 3 is 2.24 bits per heavy atom. The van der Waals surface area contributed by atoms with Crippen molar-refractivity contribution < 1.29 is 13.2 Å². The summed E-state index contributed by atoms with van der Waals surface area (Å²) in [7, 11) is -3.49. The van der Waals surface area contributed by atoms with Crippen LogP contribution in [0.25, 0.3) is 0 Å². The number of hydrogen-bond acceptors (Lipinski definition) is 3. The average Bonchev–Trinajstić information content (AvgIpc) is 2.67. The van der Waals surface area contributed by atoms with E-state index in [0.29, 0.717) is 23.1 Å². The van der Waals surface area contributed by atoms with E-state index in [1.807, 2.05) is 6.92 Å². The predicted octanol–water partition coefficient (Wildman–Crippen LogP) is 4.58. The molecule has 2 aromatic carbocycles. The van der Waals surface area contributed by atoms with E-state index in [9.17, 15) is 13.2 Å². The molecule has 0 radical (unpaired) electrons. The lowest BCUT2D eigenvalue weighted by molar-refractivity contribution is 0.237. The molecule has 0 aliphatic rings. The maximum Gasteiger partial charge on any atom is 0.315 e. The van der Waals surface area contributed by atoms with Gasteiger partial charge in [-0.1, -0.05) is 55.2 Å². The number of sulfonamides is 1. The minimum atomic E-state index is -3.49. The molecular weight excluding hydrogens is 433 g/mol. The molecule has 0 bridgehead atoms. The number of carbonyl (C=O) groups excluding carboxylic acids is 1. The van der Waals surface area contributed by atoms with E-state index in [1.165, 1.54) is 4.31 Å². The van der Waals surface area contributed by atoms with Crippen LogP contribution in [0.1, 0.15) is 37.9 Å². The first-order valence-corrected chi connectivity index (χ1v) is 11.5. The zero-order chi connectivity index (χ0) is 21.6. The molecule has 2 amide bonds. The van der Waals surface area contributed by atoms with Gasteiger partial charge in [0.1, 0.15) is 0 Å². The zero-order valence-corrected chi connectivity index (χ0v) is 18.9. The highest BCUT2D eigenvalue weighted by Crippen LogP contribution is 2.26. The summed E-state index contributed by atoms with van der Waals surface area (Å²) in [5.41, 5.74) is 1.55. The number of rotatable bonds is 8. The van der Waals surface area contributed by atoms with Crippen LogP contribution in [0, 0.1) is 0 Å². The fraction of sp³-hybridized carbons (Fsp3) is 0.350. The van der Waals surface area contributed by atoms with Crippen LogP contribution < -0.4 is 10.6 Å². The highest BCUT2D eigenvalue weighted by atomic mass is 35.5. The lowest BCUT2D eigenvalue weighted by Crippen LogP contribution is -2.36. The monoisotopic (exact) mass is 457 g/mol. The number of nitrogens with one attached hydrogen (secondary N) is 2. The second-order valence-electron chi connectivity index (χ2n) is 6.45. The second-order valence-corrected chi connectivity index (χ2v) is 9.23. The molecule has 0 aliphatic carbocycles. The van der Waals surface area contributed by atoms with Crippen LogP contribution in [0.15, 0.2) is 47.4 Å². The van der Waals surface area contributed by atoms with Crippen molar-refractivity contribution in [2.45, 2.75) is 38.3 Å². The number of carbonyl (C=O) groups is 1. The van der Waals surface area contributed by atoms with Gasteiger partial charge in [0.2, 0.25) is 10.0 Å². The van der Waals surface area contributed by atoms with Gasteiger partial charge in [-0.25, -0.2) is 13.2 Å². The molecule has 0 spiro atoms. The molecule has 158 valence electrons. The zero-order valence-electron chi connectivity index (χ0n) is 16.6. The Kier molecular flexibility index (Phi) is 8.34. The van der Waals surface area contributed by atoms with Gasteiger partial charge in [-0.3, -0.25) is 0 Å². The Hall–Kier alpha value is -1.80. The van der Waals surface area contributed by atoms with Gasteiger partial charge < -0.3 is 10.6 Å². The van der Waals surface area contributed by atoms with Crippen molar-refractivity contribution in [3.63, 3.8) is 0 Å². The van der Waals surface area contributed by atoms with Crippen molar-refractivity contribution in [2.24, 2.45) is 0 Å². The maximum absolute atomic E-state index is 12.5. The summed E-state index contributed by atoms with van der Waals surface area (Å²) in [4.78, 5) is 12.4. The molecule has 29 heavy (non-hydrogen) atoms. The first-order valence-electron chi connectivity index (χ1n) is 9.27. The van der Waals surface area contributed by atoms with Crippen molar-refractivity contribution in [1.82, 2.24) is 14.9 Å². The smallest absolute Gasteiger partial charge is 0.315 e. The van der Waals surface area contributed by atoms with E-state index in [-0.39, 0.29) is 23.5 Å². The van der Waals surface area contributed by atoms with Crippen LogP contribution in [0.5, 0.6) is 0 Å². The molecule has 0 saturated heterocycles. The summed E-state index contributed by atoms with van der Waals surface area (Å²) in [5, 5.41) is 6.58. The number of amides is 2. The van der Waals surface area contributed by atoms with E-state index >= 15 is 0 Å². The second kappa shape index (κ2) is 10.3. The minimum absolute atomic E-state index is 0.236. The fourth-order valence-corrected chi connectivity index (χ4v) is 4.88. The van der Waals surface area contributed by atoms with Gasteiger partial charge >= 0.3 is 6.03 Å². The largest absolute Gasteiger partial charge is 0.334 e. The van der Waals surface area contributed by atoms with E-state index in [2.05, 4.69) is 10.6 Å². The molecule has 6 nitrogen and oxygen atoms in total. The summed E-state index contributed by atoms with van der Waals surface area (Å²) in [5.74, 6) is 0. The topological polar surface area (TPSA) is 78.5 Å². The minimum Gasteiger partial charge on any atom is -0.334 e. The Balaban J connectivity index is 1.95. The Morgan fingerprint density at radius 2 is 1.69 bits per heavy atom. The number of hydrogen-bond donors (Lipinski definition) is 2. The maximum atomic E-state index is 12.5. The average molecular weight is 458 g/mol. The van der Waals surface area contributed by atoms with Crippen molar-refractivity contribution >= 4 is 39.3 Å². The first kappa shape index (κ1) is 23.5. The van der Waals surface area contributed by atoms with Gasteiger partial charge in [0, 0.05) is 29.7 Å². The lowest BCUT2D eigenvalue weighted by Gasteiger charge is -2.18. The van der Waals surface area contributed by atoms with E-state index in [1.54, 1.807) is 56.3 Å². The van der Waals surface area contributed by atoms with E-state index < -0.39 is 10.0 Å². The van der Waals surface area contributed by atoms with Crippen molar-refractivity contribution in [3.05, 3.63) is 63.6 Å². The van der Waals surface area contributed by atoms with Crippen LogP contribution in [0.4, 0.5) is 4.79 Å². The summed E-state index contributed by atoms with van der Waals surface area (Å²) >= 11 is 12.1. The quantitative estimate of drug-likeness (QED) is 0.608. The van der Waals surface area contributed by atoms with Gasteiger partial charge in [0.25, 0.3) is 0 Å². The number of benzene rings is 2. The van der Waals surface area contributed by atoms with Gasteiger partial charge in [-0.2, -0.15) is 4.31 Å². The van der Waals surface area contributed by atoms with Gasteiger partial charge in [0.05, 0.1) is 10.9 Å². The van der Waals surface area contributed by atoms with Crippen molar-refractivity contribution in [3.8, 4) is 0 Å². The standard InChI is InChI=1S/C20H25Cl2N3O3S/c1-4-25(5-2)29(27,28)17-9-6-15(7-10-17)13-23-20(26)24-14(3)18-11-8-16(21)12-19(18)22/h6-12,14H,4-5,13H2,1-3H3,(H2,23,24,26). The Labute approximate surface area is 182 Å². The Morgan fingerprint density at radius 1 is 1.07 bits per heavy atom.